The van der Waals surface area contributed by atoms with Gasteiger partial charge in [-0.15, -0.1) is 0 Å². The van der Waals surface area contributed by atoms with E-state index in [1.807, 2.05) is 12.1 Å². The van der Waals surface area contributed by atoms with Gasteiger partial charge in [-0.1, -0.05) is 62.9 Å². The number of carbonyl (C=O) groups excluding carboxylic acids is 1. The lowest BCUT2D eigenvalue weighted by Crippen LogP contribution is -2.13. The van der Waals surface area contributed by atoms with Gasteiger partial charge in [0.1, 0.15) is 18.2 Å². The number of anilines is 1. The average Bonchev–Trinajstić information content (AvgIpc) is 2.77. The number of ether oxygens (including phenoxy) is 2. The first-order chi connectivity index (χ1) is 15.8. The van der Waals surface area contributed by atoms with E-state index >= 15 is 0 Å². The molecule has 0 atom stereocenters. The predicted molar refractivity (Wildman–Crippen MR) is 135 cm³/mol. The molecule has 0 aliphatic carbocycles. The number of nitriles is 1. The van der Waals surface area contributed by atoms with Crippen LogP contribution in [0.4, 0.5) is 5.69 Å². The molecule has 0 aliphatic rings. The summed E-state index contributed by atoms with van der Waals surface area (Å²) in [5.41, 5.74) is 1.67. The Bertz CT molecular complexity index is 1270. The first-order valence-electron chi connectivity index (χ1n) is 9.43. The molecule has 0 aliphatic heterocycles. The Balaban J connectivity index is 1.83. The van der Waals surface area contributed by atoms with Crippen molar-refractivity contribution in [2.24, 2.45) is 0 Å². The number of amides is 1. The lowest BCUT2D eigenvalue weighted by Gasteiger charge is -2.14. The van der Waals surface area contributed by atoms with Crippen molar-refractivity contribution in [2.45, 2.75) is 6.61 Å². The molecule has 0 aromatic heterocycles. The van der Waals surface area contributed by atoms with Crippen molar-refractivity contribution in [3.63, 3.8) is 0 Å². The summed E-state index contributed by atoms with van der Waals surface area (Å²) in [6.07, 6.45) is 1.42. The molecule has 33 heavy (non-hydrogen) atoms. The third kappa shape index (κ3) is 6.66. The smallest absolute Gasteiger partial charge is 0.266 e. The summed E-state index contributed by atoms with van der Waals surface area (Å²) in [7, 11) is 1.46. The van der Waals surface area contributed by atoms with E-state index in [0.29, 0.717) is 32.8 Å². The van der Waals surface area contributed by atoms with Gasteiger partial charge in [0.15, 0.2) is 11.5 Å². The summed E-state index contributed by atoms with van der Waals surface area (Å²) >= 11 is 21.9. The molecular formula is C24H16BrCl3N2O3. The maximum Gasteiger partial charge on any atom is 0.266 e. The summed E-state index contributed by atoms with van der Waals surface area (Å²) in [6.45, 7) is 0.139. The Labute approximate surface area is 214 Å². The zero-order valence-electron chi connectivity index (χ0n) is 17.2. The lowest BCUT2D eigenvalue weighted by molar-refractivity contribution is -0.112. The van der Waals surface area contributed by atoms with Gasteiger partial charge < -0.3 is 14.8 Å². The van der Waals surface area contributed by atoms with Gasteiger partial charge in [0.05, 0.1) is 12.1 Å². The fourth-order valence-electron chi connectivity index (χ4n) is 2.83. The molecule has 1 amide bonds. The molecule has 0 saturated carbocycles. The van der Waals surface area contributed by atoms with Gasteiger partial charge in [-0.2, -0.15) is 5.26 Å². The highest BCUT2D eigenvalue weighted by Gasteiger charge is 2.15. The van der Waals surface area contributed by atoms with Crippen molar-refractivity contribution < 1.29 is 14.3 Å². The normalized spacial score (nSPS) is 11.0. The van der Waals surface area contributed by atoms with E-state index in [1.54, 1.807) is 48.5 Å². The van der Waals surface area contributed by atoms with Crippen LogP contribution in [0.2, 0.25) is 15.1 Å². The van der Waals surface area contributed by atoms with Gasteiger partial charge in [-0.05, 0) is 54.1 Å². The second-order valence-corrected chi connectivity index (χ2v) is 8.86. The monoisotopic (exact) mass is 564 g/mol. The van der Waals surface area contributed by atoms with Crippen LogP contribution in [-0.4, -0.2) is 13.0 Å². The lowest BCUT2D eigenvalue weighted by atomic mass is 10.1. The zero-order chi connectivity index (χ0) is 24.0. The second kappa shape index (κ2) is 11.4. The van der Waals surface area contributed by atoms with E-state index in [0.717, 1.165) is 10.0 Å². The molecule has 0 bridgehead atoms. The number of hydrogen-bond acceptors (Lipinski definition) is 4. The van der Waals surface area contributed by atoms with Gasteiger partial charge in [0, 0.05) is 25.8 Å². The molecule has 3 rings (SSSR count). The molecule has 1 N–H and O–H groups in total. The van der Waals surface area contributed by atoms with Crippen molar-refractivity contribution in [2.75, 3.05) is 12.4 Å². The van der Waals surface area contributed by atoms with Crippen LogP contribution in [0.3, 0.4) is 0 Å². The number of nitrogens with zero attached hydrogens (tertiary/aromatic N) is 1. The number of methoxy groups -OCH3 is 1. The minimum Gasteiger partial charge on any atom is -0.493 e. The van der Waals surface area contributed by atoms with Crippen molar-refractivity contribution in [3.05, 3.63) is 90.8 Å². The molecule has 3 aromatic carbocycles. The number of nitrogens with one attached hydrogen (secondary N) is 1. The third-order valence-corrected chi connectivity index (χ3v) is 5.76. The van der Waals surface area contributed by atoms with Crippen molar-refractivity contribution in [1.82, 2.24) is 0 Å². The van der Waals surface area contributed by atoms with Crippen molar-refractivity contribution >= 4 is 68.4 Å². The Morgan fingerprint density at radius 1 is 1.12 bits per heavy atom. The van der Waals surface area contributed by atoms with Gasteiger partial charge >= 0.3 is 0 Å². The number of rotatable bonds is 7. The predicted octanol–water partition coefficient (Wildman–Crippen LogP) is 7.54. The van der Waals surface area contributed by atoms with Crippen LogP contribution in [0.1, 0.15) is 11.1 Å². The first-order valence-corrected chi connectivity index (χ1v) is 11.4. The Morgan fingerprint density at radius 2 is 1.91 bits per heavy atom. The highest BCUT2D eigenvalue weighted by Crippen LogP contribution is 2.38. The topological polar surface area (TPSA) is 71.3 Å². The molecular weight excluding hydrogens is 551 g/mol. The van der Waals surface area contributed by atoms with E-state index in [1.165, 1.54) is 13.2 Å². The van der Waals surface area contributed by atoms with Crippen LogP contribution in [0.15, 0.2) is 64.6 Å². The fourth-order valence-corrected chi connectivity index (χ4v) is 3.97. The minimum atomic E-state index is -0.552. The molecule has 3 aromatic rings. The number of halogens is 4. The SMILES string of the molecule is COc1cc(/C=C(/C#N)C(=O)Nc2cccc(Br)c2)cc(Cl)c1OCc1ccc(Cl)cc1Cl. The van der Waals surface area contributed by atoms with E-state index < -0.39 is 5.91 Å². The Kier molecular flexibility index (Phi) is 8.65. The molecule has 0 spiro atoms. The summed E-state index contributed by atoms with van der Waals surface area (Å²) in [5, 5.41) is 13.4. The Hall–Kier alpha value is -2.69. The maximum atomic E-state index is 12.6. The summed E-state index contributed by atoms with van der Waals surface area (Å²) in [4.78, 5) is 12.6. The first kappa shape index (κ1) is 24.9. The number of carbonyl (C=O) groups is 1. The molecule has 0 fully saturated rings. The van der Waals surface area contributed by atoms with Crippen LogP contribution < -0.4 is 14.8 Å². The summed E-state index contributed by atoms with van der Waals surface area (Å²) in [6, 6.07) is 17.2. The highest BCUT2D eigenvalue weighted by atomic mass is 79.9. The average molecular weight is 567 g/mol. The van der Waals surface area contributed by atoms with Gasteiger partial charge in [-0.25, -0.2) is 0 Å². The summed E-state index contributed by atoms with van der Waals surface area (Å²) in [5.74, 6) is 0.0892. The minimum absolute atomic E-state index is 0.102. The van der Waals surface area contributed by atoms with Gasteiger partial charge in [0.25, 0.3) is 5.91 Å². The maximum absolute atomic E-state index is 12.6. The standard InChI is InChI=1S/C24H16BrCl3N2O3/c1-32-22-9-14(7-16(12-29)24(31)30-19-4-2-3-17(25)10-19)8-21(28)23(22)33-13-15-5-6-18(26)11-20(15)27/h2-11H,13H2,1H3,(H,30,31)/b16-7-. The largest absolute Gasteiger partial charge is 0.493 e. The third-order valence-electron chi connectivity index (χ3n) is 4.40. The van der Waals surface area contributed by atoms with Crippen LogP contribution in [-0.2, 0) is 11.4 Å². The Morgan fingerprint density at radius 3 is 2.58 bits per heavy atom. The van der Waals surface area contributed by atoms with Crippen molar-refractivity contribution in [3.8, 4) is 17.6 Å². The van der Waals surface area contributed by atoms with E-state index in [-0.39, 0.29) is 17.2 Å². The number of hydrogen-bond donors (Lipinski definition) is 1. The number of benzene rings is 3. The van der Waals surface area contributed by atoms with Crippen molar-refractivity contribution in [1.29, 1.82) is 5.26 Å². The molecule has 0 unspecified atom stereocenters. The zero-order valence-corrected chi connectivity index (χ0v) is 21.0. The molecule has 9 heteroatoms. The molecule has 0 heterocycles. The van der Waals surface area contributed by atoms with Crippen LogP contribution >= 0.6 is 50.7 Å². The second-order valence-electron chi connectivity index (χ2n) is 6.69. The molecule has 0 radical (unpaired) electrons. The van der Waals surface area contributed by atoms with Crippen LogP contribution in [0, 0.1) is 11.3 Å². The fraction of sp³-hybridized carbons (Fsp3) is 0.0833. The van der Waals surface area contributed by atoms with Gasteiger partial charge in [-0.3, -0.25) is 4.79 Å². The molecule has 0 saturated heterocycles. The molecule has 168 valence electrons. The van der Waals surface area contributed by atoms with Crippen LogP contribution in [0.25, 0.3) is 6.08 Å². The quantitative estimate of drug-likeness (QED) is 0.237. The highest BCUT2D eigenvalue weighted by molar-refractivity contribution is 9.10. The van der Waals surface area contributed by atoms with E-state index in [4.69, 9.17) is 44.3 Å². The summed E-state index contributed by atoms with van der Waals surface area (Å²) < 4.78 is 12.0. The van der Waals surface area contributed by atoms with Crippen LogP contribution in [0.5, 0.6) is 11.5 Å². The van der Waals surface area contributed by atoms with E-state index in [9.17, 15) is 10.1 Å². The molecule has 5 nitrogen and oxygen atoms in total. The van der Waals surface area contributed by atoms with Gasteiger partial charge in [0.2, 0.25) is 0 Å². The van der Waals surface area contributed by atoms with E-state index in [2.05, 4.69) is 21.2 Å².